The molecule has 1 aromatic carbocycles. The molecule has 1 N–H and O–H groups in total. The SMILES string of the molecule is C[C@@H]1CC(=O)N(c2ccc(C(=O)O)cc2)C1=O. The van der Waals surface area contributed by atoms with E-state index in [0.29, 0.717) is 5.69 Å². The number of anilines is 1. The number of carbonyl (C=O) groups excluding carboxylic acids is 2. The van der Waals surface area contributed by atoms with Crippen LogP contribution in [0, 0.1) is 5.92 Å². The molecule has 88 valence electrons. The third kappa shape index (κ3) is 1.91. The van der Waals surface area contributed by atoms with Crippen LogP contribution in [0.5, 0.6) is 0 Å². The summed E-state index contributed by atoms with van der Waals surface area (Å²) in [6, 6.07) is 5.69. The number of aromatic carboxylic acids is 1. The first-order valence-corrected chi connectivity index (χ1v) is 5.21. The molecule has 0 aliphatic carbocycles. The molecule has 1 atom stereocenters. The van der Waals surface area contributed by atoms with E-state index in [9.17, 15) is 14.4 Å². The molecule has 0 radical (unpaired) electrons. The maximum atomic E-state index is 11.7. The molecule has 0 aromatic heterocycles. The number of amides is 2. The number of hydrogen-bond donors (Lipinski definition) is 1. The van der Waals surface area contributed by atoms with Gasteiger partial charge in [-0.15, -0.1) is 0 Å². The molecule has 1 aliphatic heterocycles. The number of benzene rings is 1. The molecule has 1 aromatic rings. The van der Waals surface area contributed by atoms with Gasteiger partial charge in [0.25, 0.3) is 0 Å². The zero-order valence-corrected chi connectivity index (χ0v) is 9.21. The third-order valence-corrected chi connectivity index (χ3v) is 2.74. The first-order valence-electron chi connectivity index (χ1n) is 5.21. The molecule has 17 heavy (non-hydrogen) atoms. The monoisotopic (exact) mass is 233 g/mol. The lowest BCUT2D eigenvalue weighted by Gasteiger charge is -2.14. The Labute approximate surface area is 97.7 Å². The van der Waals surface area contributed by atoms with Crippen molar-refractivity contribution in [2.45, 2.75) is 13.3 Å². The number of imide groups is 1. The number of carbonyl (C=O) groups is 3. The summed E-state index contributed by atoms with van der Waals surface area (Å²) in [5, 5.41) is 8.74. The molecule has 0 unspecified atom stereocenters. The van der Waals surface area contributed by atoms with E-state index in [-0.39, 0.29) is 29.7 Å². The van der Waals surface area contributed by atoms with E-state index in [1.807, 2.05) is 0 Å². The van der Waals surface area contributed by atoms with E-state index < -0.39 is 5.97 Å². The first-order chi connectivity index (χ1) is 8.00. The van der Waals surface area contributed by atoms with Crippen molar-refractivity contribution in [1.82, 2.24) is 0 Å². The fraction of sp³-hybridized carbons (Fsp3) is 0.250. The highest BCUT2D eigenvalue weighted by molar-refractivity contribution is 6.20. The Kier molecular flexibility index (Phi) is 2.67. The zero-order valence-electron chi connectivity index (χ0n) is 9.21. The van der Waals surface area contributed by atoms with E-state index in [1.165, 1.54) is 24.3 Å². The Hall–Kier alpha value is -2.17. The van der Waals surface area contributed by atoms with Crippen molar-refractivity contribution >= 4 is 23.5 Å². The molecule has 0 spiro atoms. The van der Waals surface area contributed by atoms with Crippen molar-refractivity contribution in [2.24, 2.45) is 5.92 Å². The molecule has 0 saturated carbocycles. The fourth-order valence-electron chi connectivity index (χ4n) is 1.81. The van der Waals surface area contributed by atoms with Crippen LogP contribution in [-0.4, -0.2) is 22.9 Å². The summed E-state index contributed by atoms with van der Waals surface area (Å²) >= 11 is 0. The summed E-state index contributed by atoms with van der Waals surface area (Å²) in [5.41, 5.74) is 0.551. The first kappa shape index (κ1) is 11.3. The Morgan fingerprint density at radius 1 is 1.29 bits per heavy atom. The van der Waals surface area contributed by atoms with Gasteiger partial charge in [0.1, 0.15) is 0 Å². The predicted molar refractivity (Wildman–Crippen MR) is 59.7 cm³/mol. The van der Waals surface area contributed by atoms with Gasteiger partial charge in [0.15, 0.2) is 0 Å². The van der Waals surface area contributed by atoms with Crippen molar-refractivity contribution < 1.29 is 19.5 Å². The molecule has 1 heterocycles. The molecule has 1 fully saturated rings. The van der Waals surface area contributed by atoms with E-state index in [4.69, 9.17) is 5.11 Å². The quantitative estimate of drug-likeness (QED) is 0.781. The highest BCUT2D eigenvalue weighted by Crippen LogP contribution is 2.26. The van der Waals surface area contributed by atoms with Gasteiger partial charge in [-0.3, -0.25) is 14.5 Å². The minimum absolute atomic E-state index is 0.126. The van der Waals surface area contributed by atoms with Gasteiger partial charge in [0, 0.05) is 12.3 Å². The average molecular weight is 233 g/mol. The largest absolute Gasteiger partial charge is 0.478 e. The standard InChI is InChI=1S/C12H11NO4/c1-7-6-10(14)13(11(7)15)9-4-2-8(3-5-9)12(16)17/h2-5,7H,6H2,1H3,(H,16,17)/t7-/m1/s1. The number of hydrogen-bond acceptors (Lipinski definition) is 3. The number of rotatable bonds is 2. The molecule has 1 saturated heterocycles. The van der Waals surface area contributed by atoms with Crippen LogP contribution < -0.4 is 4.90 Å². The van der Waals surface area contributed by atoms with Crippen molar-refractivity contribution in [2.75, 3.05) is 4.90 Å². The van der Waals surface area contributed by atoms with E-state index in [2.05, 4.69) is 0 Å². The summed E-state index contributed by atoms with van der Waals surface area (Å²) in [5.74, 6) is -1.82. The minimum Gasteiger partial charge on any atom is -0.478 e. The summed E-state index contributed by atoms with van der Waals surface area (Å²) in [6.45, 7) is 1.70. The second-order valence-corrected chi connectivity index (χ2v) is 4.02. The smallest absolute Gasteiger partial charge is 0.335 e. The zero-order chi connectivity index (χ0) is 12.6. The Morgan fingerprint density at radius 3 is 2.29 bits per heavy atom. The second-order valence-electron chi connectivity index (χ2n) is 4.02. The fourth-order valence-corrected chi connectivity index (χ4v) is 1.81. The predicted octanol–water partition coefficient (Wildman–Crippen LogP) is 1.28. The maximum Gasteiger partial charge on any atom is 0.335 e. The van der Waals surface area contributed by atoms with Crippen LogP contribution in [0.15, 0.2) is 24.3 Å². The second kappa shape index (κ2) is 4.01. The Bertz CT molecular complexity index is 492. The average Bonchev–Trinajstić information content (AvgIpc) is 2.53. The van der Waals surface area contributed by atoms with Crippen molar-refractivity contribution in [1.29, 1.82) is 0 Å². The van der Waals surface area contributed by atoms with Gasteiger partial charge in [0.2, 0.25) is 11.8 Å². The normalized spacial score (nSPS) is 19.8. The summed E-state index contributed by atoms with van der Waals surface area (Å²) < 4.78 is 0. The van der Waals surface area contributed by atoms with Crippen LogP contribution in [0.2, 0.25) is 0 Å². The van der Waals surface area contributed by atoms with Crippen LogP contribution in [0.25, 0.3) is 0 Å². The van der Waals surface area contributed by atoms with Gasteiger partial charge < -0.3 is 5.11 Å². The summed E-state index contributed by atoms with van der Waals surface area (Å²) in [7, 11) is 0. The van der Waals surface area contributed by atoms with Crippen LogP contribution in [0.1, 0.15) is 23.7 Å². The van der Waals surface area contributed by atoms with Crippen LogP contribution in [0.4, 0.5) is 5.69 Å². The molecular weight excluding hydrogens is 222 g/mol. The Balaban J connectivity index is 2.32. The van der Waals surface area contributed by atoms with Crippen molar-refractivity contribution in [3.63, 3.8) is 0 Å². The molecule has 2 amide bonds. The molecular formula is C12H11NO4. The molecule has 1 aliphatic rings. The summed E-state index contributed by atoms with van der Waals surface area (Å²) in [6.07, 6.45) is 0.208. The lowest BCUT2D eigenvalue weighted by molar-refractivity contribution is -0.122. The molecule has 5 nitrogen and oxygen atoms in total. The number of carboxylic acid groups (broad SMARTS) is 1. The van der Waals surface area contributed by atoms with Crippen LogP contribution >= 0.6 is 0 Å². The van der Waals surface area contributed by atoms with Gasteiger partial charge >= 0.3 is 5.97 Å². The van der Waals surface area contributed by atoms with Crippen LogP contribution in [0.3, 0.4) is 0 Å². The van der Waals surface area contributed by atoms with E-state index in [1.54, 1.807) is 6.92 Å². The lowest BCUT2D eigenvalue weighted by atomic mass is 10.1. The van der Waals surface area contributed by atoms with Gasteiger partial charge in [-0.2, -0.15) is 0 Å². The van der Waals surface area contributed by atoms with Gasteiger partial charge in [-0.25, -0.2) is 4.79 Å². The minimum atomic E-state index is -1.04. The highest BCUT2D eigenvalue weighted by Gasteiger charge is 2.36. The third-order valence-electron chi connectivity index (χ3n) is 2.74. The van der Waals surface area contributed by atoms with E-state index >= 15 is 0 Å². The maximum absolute atomic E-state index is 11.7. The van der Waals surface area contributed by atoms with Crippen LogP contribution in [-0.2, 0) is 9.59 Å². The molecule has 0 bridgehead atoms. The van der Waals surface area contributed by atoms with E-state index in [0.717, 1.165) is 4.90 Å². The lowest BCUT2D eigenvalue weighted by Crippen LogP contribution is -2.29. The van der Waals surface area contributed by atoms with Crippen molar-refractivity contribution in [3.05, 3.63) is 29.8 Å². The number of nitrogens with zero attached hydrogens (tertiary/aromatic N) is 1. The topological polar surface area (TPSA) is 74.7 Å². The van der Waals surface area contributed by atoms with Gasteiger partial charge in [-0.1, -0.05) is 6.92 Å². The van der Waals surface area contributed by atoms with Gasteiger partial charge in [0.05, 0.1) is 11.3 Å². The Morgan fingerprint density at radius 2 is 1.88 bits per heavy atom. The van der Waals surface area contributed by atoms with Crippen molar-refractivity contribution in [3.8, 4) is 0 Å². The summed E-state index contributed by atoms with van der Waals surface area (Å²) in [4.78, 5) is 35.1. The number of carboxylic acids is 1. The van der Waals surface area contributed by atoms with Gasteiger partial charge in [-0.05, 0) is 24.3 Å². The highest BCUT2D eigenvalue weighted by atomic mass is 16.4. The molecule has 5 heteroatoms. The molecule has 2 rings (SSSR count).